The number of nitrogens with two attached hydrogens (primary N) is 2. The molecule has 2 aromatic rings. The first-order valence-electron chi connectivity index (χ1n) is 6.41. The molecule has 1 aromatic carbocycles. The second-order valence-corrected chi connectivity index (χ2v) is 5.78. The maximum Gasteiger partial charge on any atom is 0.222 e. The van der Waals surface area contributed by atoms with E-state index in [-0.39, 0.29) is 34.2 Å². The lowest BCUT2D eigenvalue weighted by Crippen LogP contribution is -2.11. The first-order chi connectivity index (χ1) is 9.74. The molecule has 21 heavy (non-hydrogen) atoms. The maximum atomic E-state index is 10.1. The summed E-state index contributed by atoms with van der Waals surface area (Å²) in [5.74, 6) is -0.0281. The van der Waals surface area contributed by atoms with E-state index in [4.69, 9.17) is 11.5 Å². The third-order valence-electron chi connectivity index (χ3n) is 3.18. The standard InChI is InChI=1S/C15H17N5O/c1-15(2,3)8-4-5-11(21)9(6-8)12-10(7-16)13(17)20-14(18)19-12/h4-6,21H,1-3H3,(H4,17,18,19,20). The lowest BCUT2D eigenvalue weighted by Gasteiger charge is -2.20. The Labute approximate surface area is 123 Å². The molecule has 0 aliphatic rings. The van der Waals surface area contributed by atoms with Crippen molar-refractivity contribution >= 4 is 11.8 Å². The summed E-state index contributed by atoms with van der Waals surface area (Å²) in [5.41, 5.74) is 13.0. The van der Waals surface area contributed by atoms with E-state index in [0.717, 1.165) is 5.56 Å². The minimum Gasteiger partial charge on any atom is -0.507 e. The van der Waals surface area contributed by atoms with Crippen LogP contribution in [0, 0.1) is 11.3 Å². The van der Waals surface area contributed by atoms with Gasteiger partial charge in [0.2, 0.25) is 5.95 Å². The van der Waals surface area contributed by atoms with Crippen molar-refractivity contribution in [2.75, 3.05) is 11.5 Å². The van der Waals surface area contributed by atoms with Crippen LogP contribution in [0.1, 0.15) is 31.9 Å². The van der Waals surface area contributed by atoms with Crippen LogP contribution in [-0.2, 0) is 5.41 Å². The first kappa shape index (κ1) is 14.6. The molecule has 1 aromatic heterocycles. The van der Waals surface area contributed by atoms with Crippen molar-refractivity contribution < 1.29 is 5.11 Å². The minimum atomic E-state index is -0.112. The predicted molar refractivity (Wildman–Crippen MR) is 81.4 cm³/mol. The molecule has 6 nitrogen and oxygen atoms in total. The number of aromatic nitrogens is 2. The normalized spacial score (nSPS) is 11.1. The molecule has 2 rings (SSSR count). The summed E-state index contributed by atoms with van der Waals surface area (Å²) in [6.45, 7) is 6.16. The van der Waals surface area contributed by atoms with Gasteiger partial charge in [-0.2, -0.15) is 10.2 Å². The zero-order chi connectivity index (χ0) is 15.8. The van der Waals surface area contributed by atoms with Crippen LogP contribution in [0.4, 0.5) is 11.8 Å². The molecule has 0 amide bonds. The molecule has 5 N–H and O–H groups in total. The number of benzene rings is 1. The smallest absolute Gasteiger partial charge is 0.222 e. The molecule has 6 heteroatoms. The van der Waals surface area contributed by atoms with E-state index in [9.17, 15) is 10.4 Å². The van der Waals surface area contributed by atoms with Crippen molar-refractivity contribution in [3.05, 3.63) is 29.3 Å². The molecule has 0 fully saturated rings. The van der Waals surface area contributed by atoms with Crippen molar-refractivity contribution in [2.45, 2.75) is 26.2 Å². The van der Waals surface area contributed by atoms with Gasteiger partial charge in [-0.25, -0.2) is 4.98 Å². The first-order valence-corrected chi connectivity index (χ1v) is 6.41. The average Bonchev–Trinajstić information content (AvgIpc) is 2.37. The summed E-state index contributed by atoms with van der Waals surface area (Å²) >= 11 is 0. The Hall–Kier alpha value is -2.81. The van der Waals surface area contributed by atoms with Crippen LogP contribution in [0.25, 0.3) is 11.3 Å². The molecular weight excluding hydrogens is 266 g/mol. The molecule has 0 saturated heterocycles. The van der Waals surface area contributed by atoms with Gasteiger partial charge in [0.25, 0.3) is 0 Å². The molecule has 1 heterocycles. The summed E-state index contributed by atoms with van der Waals surface area (Å²) in [6.07, 6.45) is 0. The fourth-order valence-corrected chi connectivity index (χ4v) is 1.99. The second-order valence-electron chi connectivity index (χ2n) is 5.78. The average molecular weight is 283 g/mol. The highest BCUT2D eigenvalue weighted by atomic mass is 16.3. The molecule has 0 unspecified atom stereocenters. The van der Waals surface area contributed by atoms with E-state index >= 15 is 0 Å². The highest BCUT2D eigenvalue weighted by Gasteiger charge is 2.20. The Balaban J connectivity index is 2.76. The number of nitrogen functional groups attached to an aromatic ring is 2. The van der Waals surface area contributed by atoms with Crippen LogP contribution in [0.15, 0.2) is 18.2 Å². The summed E-state index contributed by atoms with van der Waals surface area (Å²) in [6, 6.07) is 7.15. The second kappa shape index (κ2) is 4.94. The van der Waals surface area contributed by atoms with Crippen LogP contribution in [-0.4, -0.2) is 15.1 Å². The van der Waals surface area contributed by atoms with Crippen molar-refractivity contribution in [1.29, 1.82) is 5.26 Å². The SMILES string of the molecule is CC(C)(C)c1ccc(O)c(-c2nc(N)nc(N)c2C#N)c1. The number of nitriles is 1. The van der Waals surface area contributed by atoms with Crippen molar-refractivity contribution in [2.24, 2.45) is 0 Å². The number of anilines is 2. The number of phenols is 1. The number of rotatable bonds is 1. The highest BCUT2D eigenvalue weighted by Crippen LogP contribution is 2.35. The van der Waals surface area contributed by atoms with E-state index in [2.05, 4.69) is 30.7 Å². The zero-order valence-electron chi connectivity index (χ0n) is 12.2. The molecule has 108 valence electrons. The monoisotopic (exact) mass is 283 g/mol. The molecule has 0 aliphatic carbocycles. The van der Waals surface area contributed by atoms with Gasteiger partial charge in [-0.3, -0.25) is 0 Å². The van der Waals surface area contributed by atoms with Gasteiger partial charge in [0.15, 0.2) is 0 Å². The van der Waals surface area contributed by atoms with E-state index < -0.39 is 0 Å². The van der Waals surface area contributed by atoms with Crippen LogP contribution in [0.5, 0.6) is 5.75 Å². The van der Waals surface area contributed by atoms with Gasteiger partial charge in [0.05, 0.1) is 5.69 Å². The summed E-state index contributed by atoms with van der Waals surface area (Å²) in [7, 11) is 0. The van der Waals surface area contributed by atoms with E-state index in [1.165, 1.54) is 0 Å². The summed E-state index contributed by atoms with van der Waals surface area (Å²) in [4.78, 5) is 7.83. The number of nitrogens with zero attached hydrogens (tertiary/aromatic N) is 3. The molecule has 0 atom stereocenters. The molecule has 0 bridgehead atoms. The largest absolute Gasteiger partial charge is 0.507 e. The maximum absolute atomic E-state index is 10.1. The summed E-state index contributed by atoms with van der Waals surface area (Å²) in [5, 5.41) is 19.3. The number of hydrogen-bond acceptors (Lipinski definition) is 6. The van der Waals surface area contributed by atoms with Crippen molar-refractivity contribution in [3.8, 4) is 23.1 Å². The van der Waals surface area contributed by atoms with E-state index in [0.29, 0.717) is 5.56 Å². The van der Waals surface area contributed by atoms with Gasteiger partial charge in [0, 0.05) is 5.56 Å². The molecule has 0 radical (unpaired) electrons. The minimum absolute atomic E-state index is 0.000520. The lowest BCUT2D eigenvalue weighted by molar-refractivity contribution is 0.476. The quantitative estimate of drug-likeness (QED) is 0.737. The van der Waals surface area contributed by atoms with Crippen molar-refractivity contribution in [1.82, 2.24) is 9.97 Å². The third-order valence-corrected chi connectivity index (χ3v) is 3.18. The fourth-order valence-electron chi connectivity index (χ4n) is 1.99. The van der Waals surface area contributed by atoms with Crippen molar-refractivity contribution in [3.63, 3.8) is 0 Å². The van der Waals surface area contributed by atoms with Crippen LogP contribution >= 0.6 is 0 Å². The lowest BCUT2D eigenvalue weighted by atomic mass is 9.85. The van der Waals surface area contributed by atoms with E-state index in [1.807, 2.05) is 12.1 Å². The zero-order valence-corrected chi connectivity index (χ0v) is 12.2. The fraction of sp³-hybridized carbons (Fsp3) is 0.267. The van der Waals surface area contributed by atoms with Gasteiger partial charge in [-0.15, -0.1) is 0 Å². The highest BCUT2D eigenvalue weighted by molar-refractivity contribution is 5.77. The Bertz CT molecular complexity index is 741. The predicted octanol–water partition coefficient (Wildman–Crippen LogP) is 2.18. The Morgan fingerprint density at radius 3 is 2.43 bits per heavy atom. The number of aromatic hydroxyl groups is 1. The summed E-state index contributed by atoms with van der Waals surface area (Å²) < 4.78 is 0. The third kappa shape index (κ3) is 2.72. The Morgan fingerprint density at radius 2 is 1.86 bits per heavy atom. The molecule has 0 aliphatic heterocycles. The van der Waals surface area contributed by atoms with Crippen LogP contribution < -0.4 is 11.5 Å². The topological polar surface area (TPSA) is 122 Å². The molecule has 0 saturated carbocycles. The van der Waals surface area contributed by atoms with Gasteiger partial charge in [-0.1, -0.05) is 26.8 Å². The van der Waals surface area contributed by atoms with Gasteiger partial charge >= 0.3 is 0 Å². The molecule has 0 spiro atoms. The number of phenolic OH excluding ortho intramolecular Hbond substituents is 1. The van der Waals surface area contributed by atoms with Gasteiger partial charge in [0.1, 0.15) is 23.2 Å². The van der Waals surface area contributed by atoms with E-state index in [1.54, 1.807) is 12.1 Å². The van der Waals surface area contributed by atoms with Gasteiger partial charge < -0.3 is 16.6 Å². The Kier molecular flexibility index (Phi) is 3.44. The van der Waals surface area contributed by atoms with Crippen LogP contribution in [0.2, 0.25) is 0 Å². The van der Waals surface area contributed by atoms with Gasteiger partial charge in [-0.05, 0) is 23.1 Å². The molecular formula is C15H17N5O. The number of hydrogen-bond donors (Lipinski definition) is 3. The van der Waals surface area contributed by atoms with Crippen LogP contribution in [0.3, 0.4) is 0 Å². The Morgan fingerprint density at radius 1 is 1.19 bits per heavy atom.